The number of nitrogens with zero attached hydrogens (tertiary/aromatic N) is 1. The normalized spacial score (nSPS) is 25.1. The van der Waals surface area contributed by atoms with Crippen LogP contribution < -0.4 is 5.32 Å². The Morgan fingerprint density at radius 2 is 2.35 bits per heavy atom. The van der Waals surface area contributed by atoms with Crippen LogP contribution in [0.5, 0.6) is 0 Å². The van der Waals surface area contributed by atoms with Gasteiger partial charge in [-0.25, -0.2) is 0 Å². The molecule has 4 nitrogen and oxygen atoms in total. The largest absolute Gasteiger partial charge is 0.459 e. The number of hydrogen-bond donors (Lipinski definition) is 1. The Hall–Kier alpha value is -1.29. The number of furan rings is 1. The molecule has 1 N–H and O–H groups in total. The second kappa shape index (κ2) is 4.53. The van der Waals surface area contributed by atoms with Crippen molar-refractivity contribution < 1.29 is 9.21 Å². The van der Waals surface area contributed by atoms with E-state index in [9.17, 15) is 4.79 Å². The Morgan fingerprint density at radius 1 is 1.47 bits per heavy atom. The van der Waals surface area contributed by atoms with E-state index in [1.54, 1.807) is 12.1 Å². The van der Waals surface area contributed by atoms with Gasteiger partial charge in [-0.1, -0.05) is 0 Å². The maximum absolute atomic E-state index is 11.7. The fourth-order valence-electron chi connectivity index (χ4n) is 2.53. The smallest absolute Gasteiger partial charge is 0.286 e. The summed E-state index contributed by atoms with van der Waals surface area (Å²) in [5.41, 5.74) is 0. The maximum Gasteiger partial charge on any atom is 0.286 e. The first-order valence-electron chi connectivity index (χ1n) is 6.38. The molecule has 1 saturated carbocycles. The fourth-order valence-corrected chi connectivity index (χ4v) is 2.53. The van der Waals surface area contributed by atoms with Crippen molar-refractivity contribution in [2.45, 2.75) is 25.3 Å². The standard InChI is InChI=1S/C13H18N2O2/c16-13(12-2-1-7-17-12)14-8-10-5-6-15(9-10)11-3-4-11/h1-2,7,10-11H,3-6,8-9H2,(H,14,16). The van der Waals surface area contributed by atoms with Crippen LogP contribution in [0.15, 0.2) is 22.8 Å². The molecule has 3 rings (SSSR count). The summed E-state index contributed by atoms with van der Waals surface area (Å²) in [6.07, 6.45) is 5.46. The molecule has 4 heteroatoms. The summed E-state index contributed by atoms with van der Waals surface area (Å²) in [4.78, 5) is 14.2. The lowest BCUT2D eigenvalue weighted by Gasteiger charge is -2.14. The predicted molar refractivity (Wildman–Crippen MR) is 63.7 cm³/mol. The summed E-state index contributed by atoms with van der Waals surface area (Å²) in [5.74, 6) is 0.913. The third kappa shape index (κ3) is 2.52. The van der Waals surface area contributed by atoms with E-state index >= 15 is 0 Å². The zero-order valence-electron chi connectivity index (χ0n) is 9.89. The van der Waals surface area contributed by atoms with Crippen molar-refractivity contribution in [2.75, 3.05) is 19.6 Å². The van der Waals surface area contributed by atoms with Gasteiger partial charge >= 0.3 is 0 Å². The minimum absolute atomic E-state index is 0.0973. The highest BCUT2D eigenvalue weighted by Crippen LogP contribution is 2.31. The molecule has 2 heterocycles. The van der Waals surface area contributed by atoms with Gasteiger partial charge in [0.1, 0.15) is 0 Å². The molecule has 1 aromatic heterocycles. The molecule has 0 bridgehead atoms. The Balaban J connectivity index is 1.44. The van der Waals surface area contributed by atoms with Crippen LogP contribution >= 0.6 is 0 Å². The lowest BCUT2D eigenvalue weighted by Crippen LogP contribution is -2.31. The summed E-state index contributed by atoms with van der Waals surface area (Å²) >= 11 is 0. The number of carbonyl (C=O) groups is 1. The minimum Gasteiger partial charge on any atom is -0.459 e. The van der Waals surface area contributed by atoms with Crippen molar-refractivity contribution in [1.29, 1.82) is 0 Å². The van der Waals surface area contributed by atoms with Crippen molar-refractivity contribution >= 4 is 5.91 Å². The molecule has 0 aromatic carbocycles. The summed E-state index contributed by atoms with van der Waals surface area (Å²) in [5, 5.41) is 2.95. The molecule has 2 aliphatic rings. The van der Waals surface area contributed by atoms with Crippen LogP contribution in [0.2, 0.25) is 0 Å². The van der Waals surface area contributed by atoms with E-state index in [1.807, 2.05) is 0 Å². The van der Waals surface area contributed by atoms with E-state index in [2.05, 4.69) is 10.2 Å². The lowest BCUT2D eigenvalue weighted by molar-refractivity contribution is 0.0919. The van der Waals surface area contributed by atoms with Crippen molar-refractivity contribution in [3.8, 4) is 0 Å². The zero-order valence-corrected chi connectivity index (χ0v) is 9.89. The number of nitrogens with one attached hydrogen (secondary N) is 1. The van der Waals surface area contributed by atoms with E-state index in [-0.39, 0.29) is 5.91 Å². The summed E-state index contributed by atoms with van der Waals surface area (Å²) in [7, 11) is 0. The zero-order chi connectivity index (χ0) is 11.7. The number of carbonyl (C=O) groups excluding carboxylic acids is 1. The van der Waals surface area contributed by atoms with Gasteiger partial charge in [-0.2, -0.15) is 0 Å². The van der Waals surface area contributed by atoms with Crippen LogP contribution in [0, 0.1) is 5.92 Å². The predicted octanol–water partition coefficient (Wildman–Crippen LogP) is 1.49. The SMILES string of the molecule is O=C(NCC1CCN(C2CC2)C1)c1ccco1. The molecule has 1 aliphatic carbocycles. The maximum atomic E-state index is 11.7. The highest BCUT2D eigenvalue weighted by Gasteiger charge is 2.34. The van der Waals surface area contributed by atoms with Gasteiger partial charge in [-0.3, -0.25) is 4.79 Å². The lowest BCUT2D eigenvalue weighted by atomic mass is 10.1. The summed E-state index contributed by atoms with van der Waals surface area (Å²) in [6, 6.07) is 4.28. The molecule has 1 amide bonds. The van der Waals surface area contributed by atoms with E-state index in [1.165, 1.54) is 32.1 Å². The molecule has 92 valence electrons. The van der Waals surface area contributed by atoms with Gasteiger partial charge in [-0.05, 0) is 43.9 Å². The average Bonchev–Trinajstić information content (AvgIpc) is 2.88. The van der Waals surface area contributed by atoms with Crippen molar-refractivity contribution in [1.82, 2.24) is 10.2 Å². The quantitative estimate of drug-likeness (QED) is 0.858. The molecule has 0 radical (unpaired) electrons. The van der Waals surface area contributed by atoms with Crippen LogP contribution in [0.4, 0.5) is 0 Å². The Bertz CT molecular complexity index is 384. The van der Waals surface area contributed by atoms with E-state index in [0.717, 1.165) is 19.1 Å². The molecule has 1 atom stereocenters. The number of likely N-dealkylation sites (tertiary alicyclic amines) is 1. The minimum atomic E-state index is -0.0973. The Morgan fingerprint density at radius 3 is 3.06 bits per heavy atom. The van der Waals surface area contributed by atoms with E-state index < -0.39 is 0 Å². The molecular formula is C13H18N2O2. The molecule has 17 heavy (non-hydrogen) atoms. The number of amides is 1. The van der Waals surface area contributed by atoms with Gasteiger partial charge in [0.15, 0.2) is 5.76 Å². The molecule has 1 aliphatic heterocycles. The highest BCUT2D eigenvalue weighted by molar-refractivity contribution is 5.91. The number of hydrogen-bond acceptors (Lipinski definition) is 3. The van der Waals surface area contributed by atoms with Crippen molar-refractivity contribution in [2.24, 2.45) is 5.92 Å². The van der Waals surface area contributed by atoms with E-state index in [0.29, 0.717) is 11.7 Å². The first kappa shape index (κ1) is 10.8. The third-order valence-electron chi connectivity index (χ3n) is 3.68. The first-order valence-corrected chi connectivity index (χ1v) is 6.38. The Labute approximate surface area is 101 Å². The van der Waals surface area contributed by atoms with Gasteiger partial charge < -0.3 is 14.6 Å². The van der Waals surface area contributed by atoms with Gasteiger partial charge in [0.25, 0.3) is 5.91 Å². The van der Waals surface area contributed by atoms with Crippen LogP contribution in [0.25, 0.3) is 0 Å². The first-order chi connectivity index (χ1) is 8.33. The van der Waals surface area contributed by atoms with E-state index in [4.69, 9.17) is 4.42 Å². The monoisotopic (exact) mass is 234 g/mol. The number of rotatable bonds is 4. The molecule has 1 unspecified atom stereocenters. The van der Waals surface area contributed by atoms with Crippen LogP contribution in [-0.4, -0.2) is 36.5 Å². The van der Waals surface area contributed by atoms with Gasteiger partial charge in [0.05, 0.1) is 6.26 Å². The van der Waals surface area contributed by atoms with Crippen molar-refractivity contribution in [3.63, 3.8) is 0 Å². The second-order valence-corrected chi connectivity index (χ2v) is 5.07. The molecule has 1 saturated heterocycles. The van der Waals surface area contributed by atoms with Crippen LogP contribution in [0.1, 0.15) is 29.8 Å². The fraction of sp³-hybridized carbons (Fsp3) is 0.615. The third-order valence-corrected chi connectivity index (χ3v) is 3.68. The van der Waals surface area contributed by atoms with Crippen LogP contribution in [-0.2, 0) is 0 Å². The van der Waals surface area contributed by atoms with Gasteiger partial charge in [0.2, 0.25) is 0 Å². The Kier molecular flexibility index (Phi) is 2.89. The van der Waals surface area contributed by atoms with Crippen LogP contribution in [0.3, 0.4) is 0 Å². The van der Waals surface area contributed by atoms with Gasteiger partial charge in [-0.15, -0.1) is 0 Å². The molecule has 0 spiro atoms. The van der Waals surface area contributed by atoms with Crippen molar-refractivity contribution in [3.05, 3.63) is 24.2 Å². The highest BCUT2D eigenvalue weighted by atomic mass is 16.3. The van der Waals surface area contributed by atoms with Gasteiger partial charge in [0, 0.05) is 19.1 Å². The second-order valence-electron chi connectivity index (χ2n) is 5.07. The topological polar surface area (TPSA) is 45.5 Å². The molecule has 1 aromatic rings. The summed E-state index contributed by atoms with van der Waals surface area (Å²) in [6.45, 7) is 3.11. The summed E-state index contributed by atoms with van der Waals surface area (Å²) < 4.78 is 5.06. The molecular weight excluding hydrogens is 216 g/mol. The molecule has 2 fully saturated rings. The average molecular weight is 234 g/mol.